The number of nitro groups is 1. The molecule has 148 valence electrons. The Bertz CT molecular complexity index is 989. The zero-order valence-corrected chi connectivity index (χ0v) is 16.2. The summed E-state index contributed by atoms with van der Waals surface area (Å²) in [7, 11) is -3.95. The summed E-state index contributed by atoms with van der Waals surface area (Å²) < 4.78 is 32.4. The van der Waals surface area contributed by atoms with Gasteiger partial charge in [-0.25, -0.2) is 8.42 Å². The molecule has 0 spiro atoms. The molecule has 2 aromatic rings. The number of rotatable bonds is 6. The average Bonchev–Trinajstić information content (AvgIpc) is 2.70. The molecule has 1 aliphatic rings. The standard InChI is InChI=1S/C17H17ClN4O5S/c18-14-3-1-13(2-4-14)12-19-20-16-6-5-15(22(23)24)11-17(16)28(25,26)21-7-9-27-10-8-21/h1-6,11-12,20H,7-10H2/b19-12+. The summed E-state index contributed by atoms with van der Waals surface area (Å²) in [5.74, 6) is 0. The maximum atomic E-state index is 13.0. The fourth-order valence-corrected chi connectivity index (χ4v) is 4.28. The quantitative estimate of drug-likeness (QED) is 0.433. The van der Waals surface area contributed by atoms with Crippen molar-refractivity contribution >= 4 is 39.2 Å². The molecular formula is C17H17ClN4O5S. The predicted octanol–water partition coefficient (Wildman–Crippen LogP) is 2.72. The van der Waals surface area contributed by atoms with Crippen molar-refractivity contribution in [3.8, 4) is 0 Å². The van der Waals surface area contributed by atoms with Crippen LogP contribution in [0.25, 0.3) is 0 Å². The highest BCUT2D eigenvalue weighted by atomic mass is 35.5. The van der Waals surface area contributed by atoms with Crippen LogP contribution in [0.1, 0.15) is 5.56 Å². The van der Waals surface area contributed by atoms with Gasteiger partial charge in [0.15, 0.2) is 0 Å². The van der Waals surface area contributed by atoms with E-state index >= 15 is 0 Å². The van der Waals surface area contributed by atoms with Crippen molar-refractivity contribution in [2.24, 2.45) is 5.10 Å². The molecule has 0 radical (unpaired) electrons. The Labute approximate surface area is 166 Å². The van der Waals surface area contributed by atoms with E-state index in [0.29, 0.717) is 5.02 Å². The molecule has 9 nitrogen and oxygen atoms in total. The lowest BCUT2D eigenvalue weighted by Gasteiger charge is -2.26. The van der Waals surface area contributed by atoms with Gasteiger partial charge in [-0.1, -0.05) is 23.7 Å². The third-order valence-corrected chi connectivity index (χ3v) is 6.22. The summed E-state index contributed by atoms with van der Waals surface area (Å²) in [6, 6.07) is 10.5. The van der Waals surface area contributed by atoms with Gasteiger partial charge in [-0.15, -0.1) is 0 Å². The largest absolute Gasteiger partial charge is 0.379 e. The highest BCUT2D eigenvalue weighted by Gasteiger charge is 2.30. The molecule has 28 heavy (non-hydrogen) atoms. The van der Waals surface area contributed by atoms with Crippen LogP contribution in [0.5, 0.6) is 0 Å². The Morgan fingerprint density at radius 2 is 1.86 bits per heavy atom. The van der Waals surface area contributed by atoms with Gasteiger partial charge in [0.1, 0.15) is 4.90 Å². The van der Waals surface area contributed by atoms with Gasteiger partial charge in [0.2, 0.25) is 10.0 Å². The van der Waals surface area contributed by atoms with Crippen LogP contribution in [-0.4, -0.2) is 50.2 Å². The summed E-state index contributed by atoms with van der Waals surface area (Å²) in [4.78, 5) is 10.3. The number of hydrogen-bond acceptors (Lipinski definition) is 7. The minimum Gasteiger partial charge on any atom is -0.379 e. The summed E-state index contributed by atoms with van der Waals surface area (Å²) in [5, 5.41) is 15.7. The average molecular weight is 425 g/mol. The molecule has 0 unspecified atom stereocenters. The molecular weight excluding hydrogens is 408 g/mol. The maximum absolute atomic E-state index is 13.0. The van der Waals surface area contributed by atoms with Crippen molar-refractivity contribution in [1.82, 2.24) is 4.31 Å². The van der Waals surface area contributed by atoms with Crippen molar-refractivity contribution in [2.75, 3.05) is 31.7 Å². The molecule has 11 heteroatoms. The zero-order chi connectivity index (χ0) is 20.1. The van der Waals surface area contributed by atoms with Crippen LogP contribution in [0.2, 0.25) is 5.02 Å². The molecule has 2 aromatic carbocycles. The van der Waals surface area contributed by atoms with E-state index in [9.17, 15) is 18.5 Å². The topological polar surface area (TPSA) is 114 Å². The first-order chi connectivity index (χ1) is 13.4. The second kappa shape index (κ2) is 8.65. The van der Waals surface area contributed by atoms with Gasteiger partial charge in [0, 0.05) is 30.2 Å². The summed E-state index contributed by atoms with van der Waals surface area (Å²) >= 11 is 5.83. The Balaban J connectivity index is 1.91. The number of nitro benzene ring substituents is 1. The molecule has 0 aromatic heterocycles. The first kappa shape index (κ1) is 20.2. The van der Waals surface area contributed by atoms with Gasteiger partial charge >= 0.3 is 0 Å². The van der Waals surface area contributed by atoms with Gasteiger partial charge < -0.3 is 4.74 Å². The Morgan fingerprint density at radius 3 is 2.50 bits per heavy atom. The SMILES string of the molecule is O=[N+]([O-])c1ccc(N/N=C/c2ccc(Cl)cc2)c(S(=O)(=O)N2CCOCC2)c1. The number of anilines is 1. The lowest BCUT2D eigenvalue weighted by Crippen LogP contribution is -2.40. The zero-order valence-electron chi connectivity index (χ0n) is 14.6. The number of nitrogens with zero attached hydrogens (tertiary/aromatic N) is 3. The van der Waals surface area contributed by atoms with E-state index in [4.69, 9.17) is 16.3 Å². The van der Waals surface area contributed by atoms with E-state index in [1.165, 1.54) is 22.7 Å². The van der Waals surface area contributed by atoms with E-state index in [1.807, 2.05) is 0 Å². The molecule has 1 aliphatic heterocycles. The van der Waals surface area contributed by atoms with Gasteiger partial charge in [0.05, 0.1) is 30.0 Å². The van der Waals surface area contributed by atoms with E-state index < -0.39 is 14.9 Å². The van der Waals surface area contributed by atoms with Gasteiger partial charge in [-0.2, -0.15) is 9.41 Å². The van der Waals surface area contributed by atoms with Crippen molar-refractivity contribution in [3.05, 3.63) is 63.2 Å². The summed E-state index contributed by atoms with van der Waals surface area (Å²) in [6.07, 6.45) is 1.49. The molecule has 0 atom stereocenters. The Kier molecular flexibility index (Phi) is 6.25. The fourth-order valence-electron chi connectivity index (χ4n) is 2.58. The number of nitrogens with one attached hydrogen (secondary N) is 1. The number of sulfonamides is 1. The number of hydrazone groups is 1. The number of morpholine rings is 1. The molecule has 1 heterocycles. The Morgan fingerprint density at radius 1 is 1.18 bits per heavy atom. The van der Waals surface area contributed by atoms with Gasteiger partial charge in [0.25, 0.3) is 5.69 Å². The maximum Gasteiger partial charge on any atom is 0.270 e. The van der Waals surface area contributed by atoms with Crippen LogP contribution in [0.3, 0.4) is 0 Å². The van der Waals surface area contributed by atoms with E-state index in [0.717, 1.165) is 11.6 Å². The van der Waals surface area contributed by atoms with Gasteiger partial charge in [-0.05, 0) is 23.8 Å². The number of ether oxygens (including phenoxy) is 1. The van der Waals surface area contributed by atoms with Crippen molar-refractivity contribution in [2.45, 2.75) is 4.90 Å². The van der Waals surface area contributed by atoms with Crippen molar-refractivity contribution in [1.29, 1.82) is 0 Å². The monoisotopic (exact) mass is 424 g/mol. The van der Waals surface area contributed by atoms with Crippen molar-refractivity contribution in [3.63, 3.8) is 0 Å². The highest BCUT2D eigenvalue weighted by molar-refractivity contribution is 7.89. The molecule has 3 rings (SSSR count). The van der Waals surface area contributed by atoms with E-state index in [2.05, 4.69) is 10.5 Å². The molecule has 1 fully saturated rings. The summed E-state index contributed by atoms with van der Waals surface area (Å²) in [6.45, 7) is 0.897. The first-order valence-corrected chi connectivity index (χ1v) is 10.1. The second-order valence-electron chi connectivity index (χ2n) is 5.88. The number of non-ortho nitro benzene ring substituents is 1. The number of benzene rings is 2. The number of halogens is 1. The molecule has 1 saturated heterocycles. The molecule has 0 bridgehead atoms. The van der Waals surface area contributed by atoms with Crippen LogP contribution < -0.4 is 5.43 Å². The predicted molar refractivity (Wildman–Crippen MR) is 105 cm³/mol. The molecule has 0 aliphatic carbocycles. The van der Waals surface area contributed by atoms with Crippen LogP contribution in [0, 0.1) is 10.1 Å². The van der Waals surface area contributed by atoms with E-state index in [1.54, 1.807) is 24.3 Å². The highest BCUT2D eigenvalue weighted by Crippen LogP contribution is 2.29. The lowest BCUT2D eigenvalue weighted by molar-refractivity contribution is -0.385. The second-order valence-corrected chi connectivity index (χ2v) is 8.22. The van der Waals surface area contributed by atoms with Crippen LogP contribution >= 0.6 is 11.6 Å². The molecule has 1 N–H and O–H groups in total. The van der Waals surface area contributed by atoms with Crippen LogP contribution in [0.15, 0.2) is 52.5 Å². The normalized spacial score (nSPS) is 15.6. The van der Waals surface area contributed by atoms with Crippen molar-refractivity contribution < 1.29 is 18.1 Å². The molecule has 0 saturated carbocycles. The first-order valence-electron chi connectivity index (χ1n) is 8.29. The Hall–Kier alpha value is -2.53. The number of hydrogen-bond donors (Lipinski definition) is 1. The van der Waals surface area contributed by atoms with E-state index in [-0.39, 0.29) is 42.6 Å². The minimum atomic E-state index is -3.95. The third-order valence-electron chi connectivity index (χ3n) is 4.03. The smallest absolute Gasteiger partial charge is 0.270 e. The van der Waals surface area contributed by atoms with Crippen LogP contribution in [-0.2, 0) is 14.8 Å². The molecule has 0 amide bonds. The third kappa shape index (κ3) is 4.65. The minimum absolute atomic E-state index is 0.141. The summed E-state index contributed by atoms with van der Waals surface area (Å²) in [5.41, 5.74) is 3.23. The van der Waals surface area contributed by atoms with Crippen LogP contribution in [0.4, 0.5) is 11.4 Å². The lowest BCUT2D eigenvalue weighted by atomic mass is 10.2. The fraction of sp³-hybridized carbons (Fsp3) is 0.235. The van der Waals surface area contributed by atoms with Gasteiger partial charge in [-0.3, -0.25) is 15.5 Å².